The average molecular weight is 483 g/mol. The Balaban J connectivity index is 1.61. The Labute approximate surface area is 203 Å². The van der Waals surface area contributed by atoms with Crippen molar-refractivity contribution in [3.8, 4) is 23.0 Å². The first-order chi connectivity index (χ1) is 16.9. The molecule has 0 saturated carbocycles. The number of carbonyl (C=O) groups is 1. The summed E-state index contributed by atoms with van der Waals surface area (Å²) in [7, 11) is 0. The molecule has 0 radical (unpaired) electrons. The number of nitrogens with zero attached hydrogens (tertiary/aromatic N) is 2. The molecular weight excluding hydrogens is 452 g/mol. The standard InChI is InChI=1S/C26H30N2O7/c1-4-32-21-8-6-7-9-22(21)35-24-17(3)34-25-18(23(24)30)10-11-20(29)19(25)16-27-12-14-28(15-13-27)26(31)33-5-2/h6-11,29H,4-5,12-16H2,1-3H3. The Hall–Kier alpha value is -3.72. The molecule has 2 heterocycles. The summed E-state index contributed by atoms with van der Waals surface area (Å²) in [6.45, 7) is 8.72. The minimum absolute atomic E-state index is 0.0447. The van der Waals surface area contributed by atoms with Gasteiger partial charge in [0.25, 0.3) is 0 Å². The van der Waals surface area contributed by atoms with Gasteiger partial charge in [-0.3, -0.25) is 9.69 Å². The second-order valence-corrected chi connectivity index (χ2v) is 8.20. The summed E-state index contributed by atoms with van der Waals surface area (Å²) in [6, 6.07) is 10.2. The molecule has 1 aliphatic rings. The number of carbonyl (C=O) groups excluding carboxylic acids is 1. The van der Waals surface area contributed by atoms with Crippen molar-refractivity contribution >= 4 is 17.1 Å². The SMILES string of the molecule is CCOC(=O)N1CCN(Cc2c(O)ccc3c(=O)c(Oc4ccccc4OCC)c(C)oc23)CC1. The van der Waals surface area contributed by atoms with Gasteiger partial charge in [0.1, 0.15) is 17.1 Å². The second kappa shape index (κ2) is 10.7. The van der Waals surface area contributed by atoms with E-state index in [9.17, 15) is 14.7 Å². The lowest BCUT2D eigenvalue weighted by atomic mass is 10.1. The number of amides is 1. The number of hydrogen-bond acceptors (Lipinski definition) is 8. The maximum atomic E-state index is 13.4. The molecule has 9 nitrogen and oxygen atoms in total. The molecule has 0 spiro atoms. The third kappa shape index (κ3) is 5.19. The molecule has 186 valence electrons. The monoisotopic (exact) mass is 482 g/mol. The largest absolute Gasteiger partial charge is 0.507 e. The van der Waals surface area contributed by atoms with Crippen LogP contribution in [0.15, 0.2) is 45.6 Å². The van der Waals surface area contributed by atoms with Gasteiger partial charge < -0.3 is 28.6 Å². The minimum Gasteiger partial charge on any atom is -0.507 e. The van der Waals surface area contributed by atoms with Crippen molar-refractivity contribution in [1.82, 2.24) is 9.80 Å². The number of rotatable bonds is 7. The first-order valence-electron chi connectivity index (χ1n) is 11.7. The normalized spacial score (nSPS) is 14.2. The summed E-state index contributed by atoms with van der Waals surface area (Å²) in [4.78, 5) is 29.1. The Morgan fingerprint density at radius 1 is 1.03 bits per heavy atom. The fourth-order valence-corrected chi connectivity index (χ4v) is 4.11. The highest BCUT2D eigenvalue weighted by atomic mass is 16.6. The Bertz CT molecular complexity index is 1260. The van der Waals surface area contributed by atoms with Crippen LogP contribution in [0.3, 0.4) is 0 Å². The molecule has 4 rings (SSSR count). The van der Waals surface area contributed by atoms with Crippen molar-refractivity contribution in [1.29, 1.82) is 0 Å². The van der Waals surface area contributed by atoms with E-state index in [0.717, 1.165) is 0 Å². The molecule has 35 heavy (non-hydrogen) atoms. The van der Waals surface area contributed by atoms with Gasteiger partial charge in [0.05, 0.1) is 24.2 Å². The number of phenols is 1. The van der Waals surface area contributed by atoms with E-state index in [-0.39, 0.29) is 23.0 Å². The molecule has 0 bridgehead atoms. The summed E-state index contributed by atoms with van der Waals surface area (Å²) >= 11 is 0. The zero-order valence-corrected chi connectivity index (χ0v) is 20.2. The molecule has 0 aliphatic carbocycles. The number of benzene rings is 2. The maximum Gasteiger partial charge on any atom is 0.409 e. The van der Waals surface area contributed by atoms with Gasteiger partial charge in [0.2, 0.25) is 11.2 Å². The molecule has 1 N–H and O–H groups in total. The molecule has 0 unspecified atom stereocenters. The smallest absolute Gasteiger partial charge is 0.409 e. The molecule has 1 fully saturated rings. The highest BCUT2D eigenvalue weighted by Gasteiger charge is 2.25. The third-order valence-corrected chi connectivity index (χ3v) is 5.90. The van der Waals surface area contributed by atoms with E-state index in [1.807, 2.05) is 13.0 Å². The summed E-state index contributed by atoms with van der Waals surface area (Å²) in [5.74, 6) is 1.37. The predicted octanol–water partition coefficient (Wildman–Crippen LogP) is 4.27. The van der Waals surface area contributed by atoms with E-state index in [0.29, 0.717) is 79.7 Å². The Kier molecular flexibility index (Phi) is 7.45. The molecule has 2 aromatic carbocycles. The summed E-state index contributed by atoms with van der Waals surface area (Å²) < 4.78 is 22.7. The lowest BCUT2D eigenvalue weighted by Gasteiger charge is -2.34. The number of aryl methyl sites for hydroxylation is 1. The third-order valence-electron chi connectivity index (χ3n) is 5.90. The van der Waals surface area contributed by atoms with Crippen molar-refractivity contribution in [3.63, 3.8) is 0 Å². The molecule has 0 atom stereocenters. The number of ether oxygens (including phenoxy) is 3. The highest BCUT2D eigenvalue weighted by molar-refractivity contribution is 5.83. The fourth-order valence-electron chi connectivity index (χ4n) is 4.11. The van der Waals surface area contributed by atoms with Gasteiger partial charge in [0.15, 0.2) is 11.5 Å². The van der Waals surface area contributed by atoms with Crippen molar-refractivity contribution in [2.75, 3.05) is 39.4 Å². The van der Waals surface area contributed by atoms with E-state index in [1.165, 1.54) is 6.07 Å². The van der Waals surface area contributed by atoms with Crippen LogP contribution in [0.25, 0.3) is 11.0 Å². The van der Waals surface area contributed by atoms with Gasteiger partial charge in [-0.05, 0) is 45.0 Å². The van der Waals surface area contributed by atoms with Crippen molar-refractivity contribution < 1.29 is 28.5 Å². The Morgan fingerprint density at radius 3 is 2.43 bits per heavy atom. The summed E-state index contributed by atoms with van der Waals surface area (Å²) in [5, 5.41) is 10.9. The van der Waals surface area contributed by atoms with Gasteiger partial charge in [-0.1, -0.05) is 12.1 Å². The van der Waals surface area contributed by atoms with Crippen LogP contribution in [-0.4, -0.2) is 60.4 Å². The summed E-state index contributed by atoms with van der Waals surface area (Å²) in [5.41, 5.74) is 0.516. The number of fused-ring (bicyclic) bond motifs is 1. The van der Waals surface area contributed by atoms with Gasteiger partial charge in [0, 0.05) is 32.7 Å². The number of hydrogen-bond donors (Lipinski definition) is 1. The molecule has 1 aliphatic heterocycles. The lowest BCUT2D eigenvalue weighted by molar-refractivity contribution is 0.0776. The number of phenolic OH excluding ortho intramolecular Hbond substituents is 1. The van der Waals surface area contributed by atoms with E-state index in [2.05, 4.69) is 4.90 Å². The van der Waals surface area contributed by atoms with Crippen LogP contribution < -0.4 is 14.9 Å². The lowest BCUT2D eigenvalue weighted by Crippen LogP contribution is -2.48. The second-order valence-electron chi connectivity index (χ2n) is 8.20. The highest BCUT2D eigenvalue weighted by Crippen LogP contribution is 2.34. The Morgan fingerprint density at radius 2 is 1.74 bits per heavy atom. The first kappa shape index (κ1) is 24.4. The molecule has 1 aromatic heterocycles. The van der Waals surface area contributed by atoms with Crippen LogP contribution in [0.4, 0.5) is 4.79 Å². The van der Waals surface area contributed by atoms with Crippen LogP contribution in [0.2, 0.25) is 0 Å². The van der Waals surface area contributed by atoms with Crippen molar-refractivity contribution in [3.05, 3.63) is 57.9 Å². The van der Waals surface area contributed by atoms with Gasteiger partial charge in [-0.2, -0.15) is 0 Å². The fraction of sp³-hybridized carbons (Fsp3) is 0.385. The predicted molar refractivity (Wildman–Crippen MR) is 130 cm³/mol. The number of piperazine rings is 1. The van der Waals surface area contributed by atoms with Gasteiger partial charge in [-0.25, -0.2) is 4.79 Å². The van der Waals surface area contributed by atoms with Crippen LogP contribution in [0.5, 0.6) is 23.0 Å². The van der Waals surface area contributed by atoms with Gasteiger partial charge in [-0.15, -0.1) is 0 Å². The quantitative estimate of drug-likeness (QED) is 0.533. The zero-order valence-electron chi connectivity index (χ0n) is 20.2. The average Bonchev–Trinajstić information content (AvgIpc) is 2.85. The van der Waals surface area contributed by atoms with E-state index in [4.69, 9.17) is 18.6 Å². The van der Waals surface area contributed by atoms with Crippen LogP contribution in [-0.2, 0) is 11.3 Å². The van der Waals surface area contributed by atoms with Crippen molar-refractivity contribution in [2.24, 2.45) is 0 Å². The van der Waals surface area contributed by atoms with Crippen LogP contribution in [0, 0.1) is 6.92 Å². The molecular formula is C26H30N2O7. The summed E-state index contributed by atoms with van der Waals surface area (Å²) in [6.07, 6.45) is -0.319. The van der Waals surface area contributed by atoms with Gasteiger partial charge >= 0.3 is 6.09 Å². The minimum atomic E-state index is -0.330. The topological polar surface area (TPSA) is 102 Å². The zero-order chi connectivity index (χ0) is 24.9. The number of para-hydroxylation sites is 2. The molecule has 9 heteroatoms. The molecule has 1 saturated heterocycles. The molecule has 3 aromatic rings. The maximum absolute atomic E-state index is 13.4. The van der Waals surface area contributed by atoms with Crippen LogP contribution >= 0.6 is 0 Å². The van der Waals surface area contributed by atoms with Crippen LogP contribution in [0.1, 0.15) is 25.2 Å². The number of aromatic hydroxyl groups is 1. The van der Waals surface area contributed by atoms with E-state index < -0.39 is 0 Å². The van der Waals surface area contributed by atoms with Crippen molar-refractivity contribution in [2.45, 2.75) is 27.3 Å². The molecule has 1 amide bonds. The van der Waals surface area contributed by atoms with E-state index in [1.54, 1.807) is 43.0 Å². The van der Waals surface area contributed by atoms with E-state index >= 15 is 0 Å². The first-order valence-corrected chi connectivity index (χ1v) is 11.7.